The van der Waals surface area contributed by atoms with E-state index in [1.165, 1.54) is 14.1 Å². The zero-order valence-corrected chi connectivity index (χ0v) is 9.59. The molecule has 0 radical (unpaired) electrons. The third kappa shape index (κ3) is 1.78. The van der Waals surface area contributed by atoms with Crippen LogP contribution in [0.1, 0.15) is 6.92 Å². The fraction of sp³-hybridized carbons (Fsp3) is 0.333. The van der Waals surface area contributed by atoms with Gasteiger partial charge in [0.25, 0.3) is 5.56 Å². The molecule has 8 nitrogen and oxygen atoms in total. The van der Waals surface area contributed by atoms with Gasteiger partial charge in [0, 0.05) is 21.0 Å². The van der Waals surface area contributed by atoms with E-state index in [0.717, 1.165) is 16.1 Å². The number of nitriles is 1. The molecule has 1 rings (SSSR count). The van der Waals surface area contributed by atoms with Crippen LogP contribution in [0.25, 0.3) is 0 Å². The molecule has 0 aromatic carbocycles. The molecule has 90 valence electrons. The summed E-state index contributed by atoms with van der Waals surface area (Å²) in [6.07, 6.45) is 1.55. The number of nitrogen functional groups attached to an aromatic ring is 1. The monoisotopic (exact) mass is 237 g/mol. The SMILES string of the molecule is CC(=O)N(C#N)c1c(N)n(C)c(=O)n(C)c1=O. The van der Waals surface area contributed by atoms with Crippen molar-refractivity contribution in [1.82, 2.24) is 9.13 Å². The number of carbonyl (C=O) groups excluding carboxylic acids is 1. The highest BCUT2D eigenvalue weighted by molar-refractivity contribution is 5.96. The molecule has 0 aliphatic carbocycles. The predicted octanol–water partition coefficient (Wildman–Crippen LogP) is -1.50. The lowest BCUT2D eigenvalue weighted by Crippen LogP contribution is -2.42. The summed E-state index contributed by atoms with van der Waals surface area (Å²) in [5, 5.41) is 8.81. The van der Waals surface area contributed by atoms with E-state index < -0.39 is 17.2 Å². The van der Waals surface area contributed by atoms with Crippen molar-refractivity contribution in [3.63, 3.8) is 0 Å². The van der Waals surface area contributed by atoms with Crippen molar-refractivity contribution < 1.29 is 4.79 Å². The Morgan fingerprint density at radius 2 is 1.88 bits per heavy atom. The molecule has 0 spiro atoms. The second kappa shape index (κ2) is 4.13. The van der Waals surface area contributed by atoms with Gasteiger partial charge in [0.05, 0.1) is 0 Å². The van der Waals surface area contributed by atoms with Gasteiger partial charge in [0.1, 0.15) is 5.82 Å². The molecule has 0 saturated carbocycles. The van der Waals surface area contributed by atoms with Crippen LogP contribution in [0.5, 0.6) is 0 Å². The second-order valence-electron chi connectivity index (χ2n) is 3.39. The van der Waals surface area contributed by atoms with E-state index in [4.69, 9.17) is 11.0 Å². The Balaban J connectivity index is 3.79. The van der Waals surface area contributed by atoms with E-state index in [1.54, 1.807) is 6.19 Å². The first-order chi connectivity index (χ1) is 7.82. The highest BCUT2D eigenvalue weighted by Crippen LogP contribution is 2.14. The van der Waals surface area contributed by atoms with Crippen LogP contribution in [0.4, 0.5) is 11.5 Å². The van der Waals surface area contributed by atoms with Crippen LogP contribution in [-0.2, 0) is 18.9 Å². The number of nitrogens with two attached hydrogens (primary N) is 1. The van der Waals surface area contributed by atoms with Crippen LogP contribution in [0.2, 0.25) is 0 Å². The van der Waals surface area contributed by atoms with Gasteiger partial charge in [-0.25, -0.2) is 9.69 Å². The van der Waals surface area contributed by atoms with Crippen molar-refractivity contribution >= 4 is 17.4 Å². The number of carbonyl (C=O) groups is 1. The quantitative estimate of drug-likeness (QED) is 0.471. The van der Waals surface area contributed by atoms with Crippen molar-refractivity contribution in [2.75, 3.05) is 10.6 Å². The Bertz CT molecular complexity index is 634. The van der Waals surface area contributed by atoms with Crippen LogP contribution < -0.4 is 21.9 Å². The zero-order chi connectivity index (χ0) is 13.3. The summed E-state index contributed by atoms with van der Waals surface area (Å²) in [6.45, 7) is 1.12. The molecule has 1 amide bonds. The van der Waals surface area contributed by atoms with Gasteiger partial charge in [-0.05, 0) is 0 Å². The molecule has 1 aromatic rings. The predicted molar refractivity (Wildman–Crippen MR) is 60.1 cm³/mol. The zero-order valence-electron chi connectivity index (χ0n) is 9.59. The summed E-state index contributed by atoms with van der Waals surface area (Å²) >= 11 is 0. The standard InChI is InChI=1S/C9H11N5O3/c1-5(15)14(4-10)6-7(11)12(2)9(17)13(3)8(6)16/h11H2,1-3H3. The molecular formula is C9H11N5O3. The molecule has 1 heterocycles. The maximum atomic E-state index is 11.8. The van der Waals surface area contributed by atoms with Crippen molar-refractivity contribution in [2.45, 2.75) is 6.92 Å². The van der Waals surface area contributed by atoms with Gasteiger partial charge in [0.2, 0.25) is 5.91 Å². The lowest BCUT2D eigenvalue weighted by atomic mass is 10.4. The van der Waals surface area contributed by atoms with Crippen LogP contribution in [0.15, 0.2) is 9.59 Å². The van der Waals surface area contributed by atoms with Crippen LogP contribution >= 0.6 is 0 Å². The minimum Gasteiger partial charge on any atom is -0.383 e. The molecule has 0 aliphatic heterocycles. The highest BCUT2D eigenvalue weighted by Gasteiger charge is 2.22. The lowest BCUT2D eigenvalue weighted by molar-refractivity contribution is -0.115. The minimum absolute atomic E-state index is 0.227. The topological polar surface area (TPSA) is 114 Å². The van der Waals surface area contributed by atoms with Crippen molar-refractivity contribution in [3.05, 3.63) is 20.8 Å². The largest absolute Gasteiger partial charge is 0.383 e. The van der Waals surface area contributed by atoms with Gasteiger partial charge < -0.3 is 5.73 Å². The first-order valence-corrected chi connectivity index (χ1v) is 4.58. The Morgan fingerprint density at radius 3 is 2.29 bits per heavy atom. The Labute approximate surface area is 96.1 Å². The summed E-state index contributed by atoms with van der Waals surface area (Å²) in [7, 11) is 2.58. The van der Waals surface area contributed by atoms with Gasteiger partial charge in [-0.2, -0.15) is 5.26 Å². The summed E-state index contributed by atoms with van der Waals surface area (Å²) in [4.78, 5) is 35.0. The number of aromatic nitrogens is 2. The van der Waals surface area contributed by atoms with Crippen LogP contribution in [0, 0.1) is 11.5 Å². The normalized spacial score (nSPS) is 9.76. The Kier molecular flexibility index (Phi) is 3.04. The van der Waals surface area contributed by atoms with E-state index in [0.29, 0.717) is 4.90 Å². The molecule has 0 bridgehead atoms. The second-order valence-corrected chi connectivity index (χ2v) is 3.39. The first kappa shape index (κ1) is 12.5. The molecule has 1 aromatic heterocycles. The lowest BCUT2D eigenvalue weighted by Gasteiger charge is -2.16. The molecule has 8 heteroatoms. The highest BCUT2D eigenvalue weighted by atomic mass is 16.2. The summed E-state index contributed by atoms with van der Waals surface area (Å²) in [5.41, 5.74) is 3.84. The average Bonchev–Trinajstić information content (AvgIpc) is 2.29. The van der Waals surface area contributed by atoms with Crippen LogP contribution in [-0.4, -0.2) is 15.0 Å². The van der Waals surface area contributed by atoms with Crippen molar-refractivity contribution in [2.24, 2.45) is 14.1 Å². The molecule has 0 fully saturated rings. The summed E-state index contributed by atoms with van der Waals surface area (Å²) < 4.78 is 1.77. The molecule has 2 N–H and O–H groups in total. The molecule has 0 atom stereocenters. The maximum absolute atomic E-state index is 11.8. The number of nitrogens with zero attached hydrogens (tertiary/aromatic N) is 4. The van der Waals surface area contributed by atoms with E-state index in [9.17, 15) is 14.4 Å². The maximum Gasteiger partial charge on any atom is 0.332 e. The van der Waals surface area contributed by atoms with Gasteiger partial charge in [0.15, 0.2) is 11.9 Å². The summed E-state index contributed by atoms with van der Waals surface area (Å²) in [6, 6.07) is 0. The smallest absolute Gasteiger partial charge is 0.332 e. The van der Waals surface area contributed by atoms with Gasteiger partial charge in [-0.3, -0.25) is 18.7 Å². The molecule has 17 heavy (non-hydrogen) atoms. The van der Waals surface area contributed by atoms with E-state index in [1.807, 2.05) is 0 Å². The van der Waals surface area contributed by atoms with Gasteiger partial charge in [-0.1, -0.05) is 0 Å². The van der Waals surface area contributed by atoms with Crippen LogP contribution in [0.3, 0.4) is 0 Å². The molecule has 0 unspecified atom stereocenters. The Hall–Kier alpha value is -2.56. The summed E-state index contributed by atoms with van der Waals surface area (Å²) in [5.74, 6) is -0.884. The number of hydrogen-bond acceptors (Lipinski definition) is 5. The average molecular weight is 237 g/mol. The van der Waals surface area contributed by atoms with Gasteiger partial charge >= 0.3 is 5.69 Å². The fourth-order valence-electron chi connectivity index (χ4n) is 1.33. The molecular weight excluding hydrogens is 226 g/mol. The number of hydrogen-bond donors (Lipinski definition) is 1. The third-order valence-electron chi connectivity index (χ3n) is 2.32. The van der Waals surface area contributed by atoms with E-state index in [2.05, 4.69) is 0 Å². The fourth-order valence-corrected chi connectivity index (χ4v) is 1.33. The van der Waals surface area contributed by atoms with E-state index in [-0.39, 0.29) is 11.5 Å². The molecule has 0 saturated heterocycles. The van der Waals surface area contributed by atoms with E-state index >= 15 is 0 Å². The minimum atomic E-state index is -0.789. The van der Waals surface area contributed by atoms with Crippen molar-refractivity contribution in [1.29, 1.82) is 5.26 Å². The third-order valence-corrected chi connectivity index (χ3v) is 2.32. The molecule has 0 aliphatic rings. The first-order valence-electron chi connectivity index (χ1n) is 4.58. The van der Waals surface area contributed by atoms with Gasteiger partial charge in [-0.15, -0.1) is 0 Å². The van der Waals surface area contributed by atoms with Crippen molar-refractivity contribution in [3.8, 4) is 6.19 Å². The number of anilines is 2. The Morgan fingerprint density at radius 1 is 1.35 bits per heavy atom. The number of rotatable bonds is 1. The number of amides is 1.